The third kappa shape index (κ3) is 4.40. The van der Waals surface area contributed by atoms with Gasteiger partial charge in [-0.25, -0.2) is 0 Å². The van der Waals surface area contributed by atoms with Crippen LogP contribution in [0.2, 0.25) is 0 Å². The van der Waals surface area contributed by atoms with Gasteiger partial charge < -0.3 is 0 Å². The fraction of sp³-hybridized carbons (Fsp3) is 0.571. The Balaban J connectivity index is 3.70. The number of hydrogen-bond acceptors (Lipinski definition) is 1. The van der Waals surface area contributed by atoms with Crippen LogP contribution in [0.25, 0.3) is 0 Å². The smallest absolute Gasteiger partial charge is 0.0339 e. The molecule has 0 bridgehead atoms. The first-order chi connectivity index (χ1) is 4.35. The lowest BCUT2D eigenvalue weighted by Gasteiger charge is -1.89. The van der Waals surface area contributed by atoms with E-state index < -0.39 is 0 Å². The summed E-state index contributed by atoms with van der Waals surface area (Å²) in [6.45, 7) is 2.10. The lowest BCUT2D eigenvalue weighted by Crippen LogP contribution is -1.88. The van der Waals surface area contributed by atoms with Crippen molar-refractivity contribution in [3.63, 3.8) is 0 Å². The summed E-state index contributed by atoms with van der Waals surface area (Å²) in [7, 11) is 1.82. The Morgan fingerprint density at radius 3 is 2.67 bits per heavy atom. The van der Waals surface area contributed by atoms with Gasteiger partial charge in [0.1, 0.15) is 0 Å². The van der Waals surface area contributed by atoms with E-state index in [4.69, 9.17) is 0 Å². The maximum Gasteiger partial charge on any atom is 0.0339 e. The molecule has 0 saturated heterocycles. The summed E-state index contributed by atoms with van der Waals surface area (Å²) < 4.78 is 0. The molecule has 0 radical (unpaired) electrons. The Bertz CT molecular complexity index is 116. The highest BCUT2D eigenvalue weighted by atomic mass is 79.9. The molecule has 0 amide bonds. The molecule has 0 unspecified atom stereocenters. The van der Waals surface area contributed by atoms with Crippen LogP contribution in [0.5, 0.6) is 0 Å². The summed E-state index contributed by atoms with van der Waals surface area (Å²) in [5, 5.41) is 0.909. The number of hydrogen-bond donors (Lipinski definition) is 0. The van der Waals surface area contributed by atoms with Crippen LogP contribution in [-0.2, 0) is 0 Å². The predicted molar refractivity (Wildman–Crippen MR) is 46.6 cm³/mol. The number of alkyl halides is 1. The second-order valence-corrected chi connectivity index (χ2v) is 2.27. The molecule has 0 rings (SSSR count). The molecule has 2 heteroatoms. The molecule has 52 valence electrons. The van der Waals surface area contributed by atoms with Gasteiger partial charge in [0, 0.05) is 18.1 Å². The van der Waals surface area contributed by atoms with E-state index in [1.807, 2.05) is 19.2 Å². The van der Waals surface area contributed by atoms with E-state index in [1.54, 1.807) is 0 Å². The summed E-state index contributed by atoms with van der Waals surface area (Å²) in [5.74, 6) is 0. The fourth-order valence-corrected chi connectivity index (χ4v) is 0.718. The highest BCUT2D eigenvalue weighted by molar-refractivity contribution is 9.09. The first-order valence-electron chi connectivity index (χ1n) is 3.03. The van der Waals surface area contributed by atoms with Gasteiger partial charge >= 0.3 is 0 Å². The SMILES string of the molecule is CCC(/C=C/CBr)=NC. The Kier molecular flexibility index (Phi) is 5.94. The summed E-state index contributed by atoms with van der Waals surface area (Å²) in [6.07, 6.45) is 5.10. The molecule has 0 aromatic rings. The Hall–Kier alpha value is -0.110. The lowest BCUT2D eigenvalue weighted by atomic mass is 10.3. The Morgan fingerprint density at radius 2 is 2.33 bits per heavy atom. The molecule has 0 aliphatic heterocycles. The number of allylic oxidation sites excluding steroid dienone is 2. The van der Waals surface area contributed by atoms with Crippen LogP contribution >= 0.6 is 15.9 Å². The first kappa shape index (κ1) is 8.89. The summed E-state index contributed by atoms with van der Waals surface area (Å²) in [4.78, 5) is 4.05. The van der Waals surface area contributed by atoms with Crippen molar-refractivity contribution in [1.82, 2.24) is 0 Å². The van der Waals surface area contributed by atoms with Gasteiger partial charge in [0.25, 0.3) is 0 Å². The number of rotatable bonds is 3. The number of aliphatic imine (C=N–C) groups is 1. The molecular weight excluding hydrogens is 178 g/mol. The van der Waals surface area contributed by atoms with Gasteiger partial charge in [-0.15, -0.1) is 0 Å². The van der Waals surface area contributed by atoms with Crippen molar-refractivity contribution in [2.75, 3.05) is 12.4 Å². The first-order valence-corrected chi connectivity index (χ1v) is 4.15. The van der Waals surface area contributed by atoms with Crippen molar-refractivity contribution >= 4 is 21.6 Å². The highest BCUT2D eigenvalue weighted by Crippen LogP contribution is 1.89. The lowest BCUT2D eigenvalue weighted by molar-refractivity contribution is 1.26. The van der Waals surface area contributed by atoms with E-state index in [2.05, 4.69) is 27.8 Å². The van der Waals surface area contributed by atoms with Crippen molar-refractivity contribution in [3.05, 3.63) is 12.2 Å². The molecule has 9 heavy (non-hydrogen) atoms. The minimum atomic E-state index is 0.909. The Labute approximate surface area is 65.0 Å². The normalized spacial score (nSPS) is 13.0. The van der Waals surface area contributed by atoms with E-state index in [-0.39, 0.29) is 0 Å². The average Bonchev–Trinajstić information content (AvgIpc) is 1.91. The zero-order chi connectivity index (χ0) is 7.11. The van der Waals surface area contributed by atoms with E-state index in [0.717, 1.165) is 17.5 Å². The average molecular weight is 190 g/mol. The largest absolute Gasteiger partial charge is 0.293 e. The number of nitrogens with zero attached hydrogens (tertiary/aromatic N) is 1. The quantitative estimate of drug-likeness (QED) is 0.478. The summed E-state index contributed by atoms with van der Waals surface area (Å²) in [6, 6.07) is 0. The third-order valence-corrected chi connectivity index (χ3v) is 1.42. The van der Waals surface area contributed by atoms with Crippen LogP contribution in [-0.4, -0.2) is 18.1 Å². The van der Waals surface area contributed by atoms with Crippen LogP contribution in [0.3, 0.4) is 0 Å². The zero-order valence-electron chi connectivity index (χ0n) is 5.89. The molecule has 0 aromatic heterocycles. The van der Waals surface area contributed by atoms with Gasteiger partial charge in [0.15, 0.2) is 0 Å². The molecule has 0 atom stereocenters. The van der Waals surface area contributed by atoms with Gasteiger partial charge in [-0.05, 0) is 12.5 Å². The van der Waals surface area contributed by atoms with Gasteiger partial charge in [-0.3, -0.25) is 4.99 Å². The van der Waals surface area contributed by atoms with Crippen LogP contribution in [0, 0.1) is 0 Å². The standard InChI is InChI=1S/C7H12BrN/c1-3-7(9-2)5-4-6-8/h4-5H,3,6H2,1-2H3/b5-4+,9-7?. The molecular formula is C7H12BrN. The van der Waals surface area contributed by atoms with Crippen LogP contribution < -0.4 is 0 Å². The van der Waals surface area contributed by atoms with Gasteiger partial charge in [0.05, 0.1) is 0 Å². The molecule has 0 saturated carbocycles. The van der Waals surface area contributed by atoms with Crippen LogP contribution in [0.15, 0.2) is 17.1 Å². The zero-order valence-corrected chi connectivity index (χ0v) is 7.48. The molecule has 0 fully saturated rings. The highest BCUT2D eigenvalue weighted by Gasteiger charge is 1.83. The molecule has 0 spiro atoms. The van der Waals surface area contributed by atoms with Crippen molar-refractivity contribution in [1.29, 1.82) is 0 Å². The van der Waals surface area contributed by atoms with Gasteiger partial charge in [-0.2, -0.15) is 0 Å². The molecule has 0 N–H and O–H groups in total. The molecule has 1 nitrogen and oxygen atoms in total. The van der Waals surface area contributed by atoms with E-state index in [0.29, 0.717) is 0 Å². The minimum Gasteiger partial charge on any atom is -0.293 e. The van der Waals surface area contributed by atoms with Crippen LogP contribution in [0.4, 0.5) is 0 Å². The minimum absolute atomic E-state index is 0.909. The molecule has 0 heterocycles. The Morgan fingerprint density at radius 1 is 1.67 bits per heavy atom. The second kappa shape index (κ2) is 6.02. The van der Waals surface area contributed by atoms with Gasteiger partial charge in [0.2, 0.25) is 0 Å². The third-order valence-electron chi connectivity index (χ3n) is 1.05. The van der Waals surface area contributed by atoms with E-state index >= 15 is 0 Å². The summed E-state index contributed by atoms with van der Waals surface area (Å²) >= 11 is 3.29. The molecule has 0 aliphatic carbocycles. The van der Waals surface area contributed by atoms with Crippen LogP contribution in [0.1, 0.15) is 13.3 Å². The van der Waals surface area contributed by atoms with E-state index in [1.165, 1.54) is 0 Å². The van der Waals surface area contributed by atoms with Crippen molar-refractivity contribution in [2.24, 2.45) is 4.99 Å². The summed E-state index contributed by atoms with van der Waals surface area (Å²) in [5.41, 5.74) is 1.15. The maximum atomic E-state index is 4.05. The molecule has 0 aromatic carbocycles. The van der Waals surface area contributed by atoms with Gasteiger partial charge in [-0.1, -0.05) is 28.9 Å². The monoisotopic (exact) mass is 189 g/mol. The van der Waals surface area contributed by atoms with Crippen molar-refractivity contribution in [3.8, 4) is 0 Å². The number of halogens is 1. The fourth-order valence-electron chi connectivity index (χ4n) is 0.531. The molecule has 0 aliphatic rings. The predicted octanol–water partition coefficient (Wildman–Crippen LogP) is 2.42. The van der Waals surface area contributed by atoms with Crippen molar-refractivity contribution in [2.45, 2.75) is 13.3 Å². The van der Waals surface area contributed by atoms with E-state index in [9.17, 15) is 0 Å². The maximum absolute atomic E-state index is 4.05. The topological polar surface area (TPSA) is 12.4 Å². The second-order valence-electron chi connectivity index (χ2n) is 1.63. The van der Waals surface area contributed by atoms with Crippen molar-refractivity contribution < 1.29 is 0 Å².